The number of rotatable bonds is 16. The lowest BCUT2D eigenvalue weighted by atomic mass is 10.0. The molecule has 0 unspecified atom stereocenters. The molecule has 0 bridgehead atoms. The first-order valence-electron chi connectivity index (χ1n) is 15.8. The van der Waals surface area contributed by atoms with Gasteiger partial charge in [0.25, 0.3) is 0 Å². The molecule has 6 rings (SSSR count). The third kappa shape index (κ3) is 7.43. The lowest BCUT2D eigenvalue weighted by molar-refractivity contribution is -0.696. The van der Waals surface area contributed by atoms with Crippen molar-refractivity contribution >= 4 is 33.5 Å². The molecule has 224 valence electrons. The number of benzene rings is 2. The van der Waals surface area contributed by atoms with Crippen LogP contribution in [0.15, 0.2) is 76.1 Å². The van der Waals surface area contributed by atoms with Crippen molar-refractivity contribution in [3.05, 3.63) is 78.4 Å². The highest BCUT2D eigenvalue weighted by Crippen LogP contribution is 2.36. The van der Waals surface area contributed by atoms with Gasteiger partial charge in [0.2, 0.25) is 18.1 Å². The second-order valence-electron chi connectivity index (χ2n) is 11.5. The Hall–Kier alpha value is -3.75. The number of nitrogens with two attached hydrogens (primary N) is 1. The molecule has 43 heavy (non-hydrogen) atoms. The Labute approximate surface area is 257 Å². The fourth-order valence-corrected chi connectivity index (χ4v) is 6.45. The predicted molar refractivity (Wildman–Crippen MR) is 174 cm³/mol. The maximum Gasteiger partial charge on any atom is 0.243 e. The summed E-state index contributed by atoms with van der Waals surface area (Å²) in [6.45, 7) is 4.93. The first-order chi connectivity index (χ1) is 21.2. The van der Waals surface area contributed by atoms with E-state index in [-0.39, 0.29) is 0 Å². The Bertz CT molecular complexity index is 1760. The van der Waals surface area contributed by atoms with E-state index in [0.29, 0.717) is 11.8 Å². The molecule has 0 fully saturated rings. The number of aryl methyl sites for hydroxylation is 4. The van der Waals surface area contributed by atoms with E-state index in [1.807, 2.05) is 18.2 Å². The van der Waals surface area contributed by atoms with Gasteiger partial charge in [-0.2, -0.15) is 0 Å². The molecule has 0 atom stereocenters. The molecular formula is C35H42N5O2S+. The van der Waals surface area contributed by atoms with Gasteiger partial charge >= 0.3 is 0 Å². The molecule has 0 aliphatic rings. The minimum atomic E-state index is 0.634. The van der Waals surface area contributed by atoms with Crippen molar-refractivity contribution in [3.8, 4) is 21.5 Å². The number of hydrogen-bond donors (Lipinski definition) is 1. The summed E-state index contributed by atoms with van der Waals surface area (Å²) in [7, 11) is 0. The molecule has 0 aliphatic heterocycles. The van der Waals surface area contributed by atoms with Crippen LogP contribution in [0.1, 0.15) is 69.4 Å². The molecule has 4 aromatic heterocycles. The van der Waals surface area contributed by atoms with Crippen molar-refractivity contribution in [2.24, 2.45) is 5.73 Å². The maximum atomic E-state index is 6.14. The highest BCUT2D eigenvalue weighted by atomic mass is 32.1. The van der Waals surface area contributed by atoms with Gasteiger partial charge < -0.3 is 14.6 Å². The van der Waals surface area contributed by atoms with Crippen LogP contribution in [0, 0.1) is 0 Å². The van der Waals surface area contributed by atoms with Crippen molar-refractivity contribution in [1.29, 1.82) is 0 Å². The summed E-state index contributed by atoms with van der Waals surface area (Å²) >= 11 is 1.60. The molecule has 0 radical (unpaired) electrons. The molecule has 8 heteroatoms. The summed E-state index contributed by atoms with van der Waals surface area (Å²) in [5.41, 5.74) is 11.7. The smallest absolute Gasteiger partial charge is 0.243 e. The highest BCUT2D eigenvalue weighted by molar-refractivity contribution is 7.18. The number of oxazole rings is 2. The Balaban J connectivity index is 1.07. The predicted octanol–water partition coefficient (Wildman–Crippen LogP) is 8.34. The van der Waals surface area contributed by atoms with E-state index in [4.69, 9.17) is 24.5 Å². The summed E-state index contributed by atoms with van der Waals surface area (Å²) in [4.78, 5) is 11.6. The van der Waals surface area contributed by atoms with Crippen molar-refractivity contribution < 1.29 is 13.4 Å². The molecule has 0 saturated heterocycles. The summed E-state index contributed by atoms with van der Waals surface area (Å²) < 4.78 is 16.7. The lowest BCUT2D eigenvalue weighted by Gasteiger charge is -2.01. The van der Waals surface area contributed by atoms with Crippen molar-refractivity contribution in [1.82, 2.24) is 14.5 Å². The van der Waals surface area contributed by atoms with Crippen LogP contribution in [0.25, 0.3) is 43.7 Å². The van der Waals surface area contributed by atoms with E-state index in [1.54, 1.807) is 11.3 Å². The van der Waals surface area contributed by atoms with Gasteiger partial charge in [-0.1, -0.05) is 51.2 Å². The van der Waals surface area contributed by atoms with Crippen LogP contribution in [0.3, 0.4) is 0 Å². The third-order valence-corrected chi connectivity index (χ3v) is 9.06. The first-order valence-corrected chi connectivity index (χ1v) is 16.6. The summed E-state index contributed by atoms with van der Waals surface area (Å²) in [6, 6.07) is 16.8. The quantitative estimate of drug-likeness (QED) is 0.0896. The second-order valence-corrected chi connectivity index (χ2v) is 12.5. The standard InChI is InChI=1S/C35H42N5O2S/c1-2-3-4-5-6-7-10-26-12-14-30-28(23-26)37-34(41-30)32-16-17-33(43-32)35-38-29-24-27(13-15-31(29)42-35)11-8-19-39-21-22-40(25-39)20-9-18-36/h12-17,21-25H,2-11,18-20,36H2,1H3/q+1. The van der Waals surface area contributed by atoms with E-state index in [1.165, 1.54) is 49.7 Å². The lowest BCUT2D eigenvalue weighted by Crippen LogP contribution is -2.31. The number of imidazole rings is 1. The highest BCUT2D eigenvalue weighted by Gasteiger charge is 2.16. The molecule has 0 aliphatic carbocycles. The topological polar surface area (TPSA) is 86.9 Å². The maximum absolute atomic E-state index is 6.14. The zero-order chi connectivity index (χ0) is 29.4. The van der Waals surface area contributed by atoms with Crippen LogP contribution < -0.4 is 10.3 Å². The summed E-state index contributed by atoms with van der Waals surface area (Å²) in [5.74, 6) is 1.28. The van der Waals surface area contributed by atoms with Crippen LogP contribution in [0.2, 0.25) is 0 Å². The van der Waals surface area contributed by atoms with Gasteiger partial charge in [-0.25, -0.2) is 19.1 Å². The molecule has 7 nitrogen and oxygen atoms in total. The average Bonchev–Trinajstić information content (AvgIpc) is 3.83. The minimum Gasteiger partial charge on any atom is -0.435 e. The van der Waals surface area contributed by atoms with Gasteiger partial charge in [-0.15, -0.1) is 11.3 Å². The zero-order valence-corrected chi connectivity index (χ0v) is 26.0. The second kappa shape index (κ2) is 14.1. The molecule has 2 aromatic carbocycles. The van der Waals surface area contributed by atoms with Gasteiger partial charge in [0, 0.05) is 0 Å². The van der Waals surface area contributed by atoms with Gasteiger partial charge in [0.15, 0.2) is 11.2 Å². The van der Waals surface area contributed by atoms with E-state index in [0.717, 1.165) is 77.3 Å². The summed E-state index contributed by atoms with van der Waals surface area (Å²) in [6.07, 6.45) is 18.4. The molecular weight excluding hydrogens is 554 g/mol. The third-order valence-electron chi connectivity index (χ3n) is 8.00. The Morgan fingerprint density at radius 1 is 0.767 bits per heavy atom. The molecule has 0 amide bonds. The average molecular weight is 597 g/mol. The molecule has 6 aromatic rings. The molecule has 0 saturated carbocycles. The van der Waals surface area contributed by atoms with Gasteiger partial charge in [0.05, 0.1) is 22.8 Å². The largest absolute Gasteiger partial charge is 0.435 e. The fourth-order valence-electron chi connectivity index (χ4n) is 5.59. The molecule has 0 spiro atoms. The summed E-state index contributed by atoms with van der Waals surface area (Å²) in [5, 5.41) is 0. The van der Waals surface area contributed by atoms with Gasteiger partial charge in [-0.05, 0) is 86.2 Å². The number of thiophene rings is 1. The SMILES string of the molecule is CCCCCCCCc1ccc2oc(-c3ccc(-c4nc5cc(CCC[n+]6ccn(CCCN)c6)ccc5o4)s3)nc2c1. The Morgan fingerprint density at radius 3 is 2.05 bits per heavy atom. The van der Waals surface area contributed by atoms with E-state index >= 15 is 0 Å². The van der Waals surface area contributed by atoms with E-state index in [2.05, 4.69) is 65.1 Å². The normalized spacial score (nSPS) is 11.8. The zero-order valence-electron chi connectivity index (χ0n) is 25.1. The Kier molecular flexibility index (Phi) is 9.65. The van der Waals surface area contributed by atoms with E-state index in [9.17, 15) is 0 Å². The fraction of sp³-hybridized carbons (Fsp3) is 0.400. The number of aromatic nitrogens is 4. The van der Waals surface area contributed by atoms with Crippen LogP contribution in [-0.2, 0) is 25.9 Å². The number of fused-ring (bicyclic) bond motifs is 2. The molecule has 2 N–H and O–H groups in total. The van der Waals surface area contributed by atoms with Crippen LogP contribution in [0.4, 0.5) is 0 Å². The first kappa shape index (κ1) is 29.3. The van der Waals surface area contributed by atoms with Crippen LogP contribution in [-0.4, -0.2) is 21.1 Å². The molecule has 4 heterocycles. The van der Waals surface area contributed by atoms with Gasteiger partial charge in [-0.3, -0.25) is 0 Å². The van der Waals surface area contributed by atoms with E-state index < -0.39 is 0 Å². The van der Waals surface area contributed by atoms with Crippen molar-refractivity contribution in [2.45, 2.75) is 84.2 Å². The van der Waals surface area contributed by atoms with Crippen molar-refractivity contribution in [2.75, 3.05) is 6.54 Å². The monoisotopic (exact) mass is 596 g/mol. The number of hydrogen-bond acceptors (Lipinski definition) is 6. The van der Waals surface area contributed by atoms with Gasteiger partial charge in [0.1, 0.15) is 23.4 Å². The van der Waals surface area contributed by atoms with Crippen molar-refractivity contribution in [3.63, 3.8) is 0 Å². The Morgan fingerprint density at radius 2 is 1.40 bits per heavy atom. The van der Waals surface area contributed by atoms with Crippen LogP contribution >= 0.6 is 11.3 Å². The number of unbranched alkanes of at least 4 members (excludes halogenated alkanes) is 5. The van der Waals surface area contributed by atoms with Crippen LogP contribution in [0.5, 0.6) is 0 Å². The number of nitrogens with zero attached hydrogens (tertiary/aromatic N) is 4. The minimum absolute atomic E-state index is 0.634.